The van der Waals surface area contributed by atoms with E-state index < -0.39 is 5.24 Å². The summed E-state index contributed by atoms with van der Waals surface area (Å²) in [5.74, 6) is 0. The number of amides is 1. The molecule has 3 N–H and O–H groups in total. The third-order valence-corrected chi connectivity index (χ3v) is 3.01. The van der Waals surface area contributed by atoms with E-state index in [4.69, 9.17) is 21.7 Å². The molecular formula is C11H24N4O2S2. The van der Waals surface area contributed by atoms with Gasteiger partial charge in [-0.3, -0.25) is 4.79 Å². The van der Waals surface area contributed by atoms with Gasteiger partial charge in [0, 0.05) is 32.7 Å². The Labute approximate surface area is 126 Å². The third-order valence-electron chi connectivity index (χ3n) is 2.70. The fourth-order valence-corrected chi connectivity index (χ4v) is 1.74. The van der Waals surface area contributed by atoms with E-state index in [2.05, 4.69) is 40.5 Å². The first-order valence-electron chi connectivity index (χ1n) is 6.16. The average molecular weight is 308 g/mol. The lowest BCUT2D eigenvalue weighted by molar-refractivity contribution is 0.153. The van der Waals surface area contributed by atoms with Gasteiger partial charge in [-0.25, -0.2) is 0 Å². The fraction of sp³-hybridized carbons (Fsp3) is 0.818. The Kier molecular flexibility index (Phi) is 10.9. The molecule has 1 saturated heterocycles. The summed E-state index contributed by atoms with van der Waals surface area (Å²) in [6.45, 7) is 6.79. The molecule has 1 heterocycles. The Morgan fingerprint density at radius 3 is 2.42 bits per heavy atom. The summed E-state index contributed by atoms with van der Waals surface area (Å²) in [7, 11) is 3.77. The van der Waals surface area contributed by atoms with Gasteiger partial charge in [0.15, 0.2) is 0 Å². The van der Waals surface area contributed by atoms with Crippen molar-refractivity contribution in [1.29, 1.82) is 0 Å². The summed E-state index contributed by atoms with van der Waals surface area (Å²) >= 11 is 7.99. The number of ether oxygens (including phenoxy) is 1. The van der Waals surface area contributed by atoms with Crippen molar-refractivity contribution in [2.75, 3.05) is 53.4 Å². The molecule has 0 aromatic heterocycles. The number of thiol groups is 1. The molecule has 0 unspecified atom stereocenters. The number of thiocarbonyl (C=S) groups is 1. The maximum atomic E-state index is 9.09. The van der Waals surface area contributed by atoms with Crippen LogP contribution in [0.3, 0.4) is 0 Å². The van der Waals surface area contributed by atoms with Gasteiger partial charge in [0.05, 0.1) is 7.11 Å². The largest absolute Gasteiger partial charge is 0.474 e. The predicted octanol–water partition coefficient (Wildman–Crippen LogP) is 0.140. The van der Waals surface area contributed by atoms with Crippen molar-refractivity contribution >= 4 is 35.3 Å². The van der Waals surface area contributed by atoms with E-state index in [0.717, 1.165) is 19.5 Å². The number of hydrogen-bond donors (Lipinski definition) is 3. The second kappa shape index (κ2) is 11.3. The molecule has 1 aliphatic rings. The molecule has 0 saturated carbocycles. The minimum Gasteiger partial charge on any atom is -0.474 e. The lowest BCUT2D eigenvalue weighted by Crippen LogP contribution is -2.45. The number of methoxy groups -OCH3 is 1. The highest BCUT2D eigenvalue weighted by Gasteiger charge is 2.12. The van der Waals surface area contributed by atoms with Gasteiger partial charge in [0.2, 0.25) is 0 Å². The first kappa shape index (κ1) is 18.4. The highest BCUT2D eigenvalue weighted by atomic mass is 32.1. The van der Waals surface area contributed by atoms with Gasteiger partial charge in [0.1, 0.15) is 0 Å². The molecule has 0 aliphatic carbocycles. The molecule has 1 rings (SSSR count). The summed E-state index contributed by atoms with van der Waals surface area (Å²) in [6.07, 6.45) is 1.12. The van der Waals surface area contributed by atoms with E-state index in [1.807, 2.05) is 0 Å². The monoisotopic (exact) mass is 308 g/mol. The van der Waals surface area contributed by atoms with Gasteiger partial charge in [-0.05, 0) is 32.2 Å². The zero-order valence-electron chi connectivity index (χ0n) is 11.6. The number of likely N-dealkylation sites (N-methyl/N-ethyl adjacent to an activating group) is 1. The van der Waals surface area contributed by atoms with Crippen molar-refractivity contribution in [2.24, 2.45) is 5.73 Å². The van der Waals surface area contributed by atoms with E-state index in [-0.39, 0.29) is 0 Å². The number of carbonyl (C=O) groups is 1. The zero-order chi connectivity index (χ0) is 14.7. The van der Waals surface area contributed by atoms with Crippen LogP contribution in [0, 0.1) is 0 Å². The van der Waals surface area contributed by atoms with Crippen LogP contribution in [-0.4, -0.2) is 73.6 Å². The van der Waals surface area contributed by atoms with E-state index in [1.165, 1.54) is 26.2 Å². The number of carbonyl (C=O) groups excluding carboxylic acids is 1. The van der Waals surface area contributed by atoms with Crippen molar-refractivity contribution in [3.63, 3.8) is 0 Å². The van der Waals surface area contributed by atoms with Gasteiger partial charge >= 0.3 is 0 Å². The summed E-state index contributed by atoms with van der Waals surface area (Å²) < 4.78 is 4.86. The molecule has 0 spiro atoms. The first-order chi connectivity index (χ1) is 8.95. The Morgan fingerprint density at radius 2 is 1.95 bits per heavy atom. The summed E-state index contributed by atoms with van der Waals surface area (Å²) in [4.78, 5) is 14.0. The third kappa shape index (κ3) is 12.2. The van der Waals surface area contributed by atoms with Crippen molar-refractivity contribution < 1.29 is 9.53 Å². The summed E-state index contributed by atoms with van der Waals surface area (Å²) in [5, 5.41) is 2.91. The summed E-state index contributed by atoms with van der Waals surface area (Å²) in [6, 6.07) is 0. The van der Waals surface area contributed by atoms with Crippen LogP contribution in [0.2, 0.25) is 0 Å². The van der Waals surface area contributed by atoms with Gasteiger partial charge in [-0.2, -0.15) is 0 Å². The molecule has 0 radical (unpaired) electrons. The van der Waals surface area contributed by atoms with Crippen LogP contribution in [0.1, 0.15) is 6.42 Å². The summed E-state index contributed by atoms with van der Waals surface area (Å²) in [5.41, 5.74) is 4.34. The minimum atomic E-state index is -0.639. The van der Waals surface area contributed by atoms with Gasteiger partial charge in [0.25, 0.3) is 10.4 Å². The van der Waals surface area contributed by atoms with E-state index in [9.17, 15) is 0 Å². The zero-order valence-corrected chi connectivity index (χ0v) is 13.3. The Bertz CT molecular complexity index is 267. The molecule has 112 valence electrons. The number of nitrogens with two attached hydrogens (primary N) is 1. The van der Waals surface area contributed by atoms with E-state index in [0.29, 0.717) is 5.17 Å². The van der Waals surface area contributed by atoms with Crippen molar-refractivity contribution in [3.05, 3.63) is 0 Å². The fourth-order valence-electron chi connectivity index (χ4n) is 1.64. The standard InChI is InChI=1S/C10H21N3OS.CH3NOS/c1-12-6-8-13(9-7-12)5-3-4-11-10(15)14-2;2-1(3)4/h3-9H2,1-2H3,(H,11,15);(H3,2,3,4). The molecule has 0 atom stereocenters. The number of piperazine rings is 1. The van der Waals surface area contributed by atoms with Crippen molar-refractivity contribution in [1.82, 2.24) is 15.1 Å². The second-order valence-corrected chi connectivity index (χ2v) is 5.07. The Hall–Kier alpha value is -0.570. The Balaban J connectivity index is 0.000000711. The lowest BCUT2D eigenvalue weighted by Gasteiger charge is -2.32. The number of primary amides is 1. The SMILES string of the molecule is COC(=S)NCCCN1CCN(C)CC1.NC(=O)S. The topological polar surface area (TPSA) is 70.8 Å². The van der Waals surface area contributed by atoms with E-state index in [1.54, 1.807) is 7.11 Å². The minimum absolute atomic E-state index is 0.494. The molecule has 1 aliphatic heterocycles. The van der Waals surface area contributed by atoms with Crippen LogP contribution in [0.5, 0.6) is 0 Å². The Morgan fingerprint density at radius 1 is 1.42 bits per heavy atom. The van der Waals surface area contributed by atoms with Gasteiger partial charge in [-0.1, -0.05) is 12.6 Å². The first-order valence-corrected chi connectivity index (χ1v) is 7.02. The molecule has 8 heteroatoms. The number of hydrogen-bond acceptors (Lipinski definition) is 5. The van der Waals surface area contributed by atoms with Crippen LogP contribution in [0.4, 0.5) is 4.79 Å². The van der Waals surface area contributed by atoms with Crippen LogP contribution in [0.25, 0.3) is 0 Å². The van der Waals surface area contributed by atoms with Crippen molar-refractivity contribution in [3.8, 4) is 0 Å². The number of rotatable bonds is 4. The molecule has 0 aromatic rings. The van der Waals surface area contributed by atoms with Crippen LogP contribution >= 0.6 is 24.8 Å². The molecular weight excluding hydrogens is 284 g/mol. The smallest absolute Gasteiger partial charge is 0.273 e. The normalized spacial score (nSPS) is 16.2. The quantitative estimate of drug-likeness (QED) is 0.390. The molecule has 6 nitrogen and oxygen atoms in total. The molecule has 1 amide bonds. The second-order valence-electron chi connectivity index (χ2n) is 4.26. The number of nitrogens with one attached hydrogen (secondary N) is 1. The molecule has 1 fully saturated rings. The highest BCUT2D eigenvalue weighted by Crippen LogP contribution is 1.99. The van der Waals surface area contributed by atoms with Crippen molar-refractivity contribution in [2.45, 2.75) is 6.42 Å². The maximum absolute atomic E-state index is 9.09. The predicted molar refractivity (Wildman–Crippen MR) is 84.7 cm³/mol. The van der Waals surface area contributed by atoms with Gasteiger partial charge in [-0.15, -0.1) is 0 Å². The van der Waals surface area contributed by atoms with Crippen LogP contribution in [-0.2, 0) is 4.74 Å². The maximum Gasteiger partial charge on any atom is 0.273 e. The number of nitrogens with zero attached hydrogens (tertiary/aromatic N) is 2. The van der Waals surface area contributed by atoms with E-state index >= 15 is 0 Å². The van der Waals surface area contributed by atoms with Crippen LogP contribution in [0.15, 0.2) is 0 Å². The van der Waals surface area contributed by atoms with Crippen LogP contribution < -0.4 is 11.1 Å². The average Bonchev–Trinajstić information content (AvgIpc) is 2.35. The molecule has 19 heavy (non-hydrogen) atoms. The molecule has 0 aromatic carbocycles. The lowest BCUT2D eigenvalue weighted by atomic mass is 10.3. The highest BCUT2D eigenvalue weighted by molar-refractivity contribution is 7.96. The van der Waals surface area contributed by atoms with Gasteiger partial charge < -0.3 is 25.6 Å². The molecule has 0 bridgehead atoms.